The zero-order valence-electron chi connectivity index (χ0n) is 23.3. The van der Waals surface area contributed by atoms with Gasteiger partial charge in [-0.25, -0.2) is 8.42 Å². The number of nitrogens with one attached hydrogen (secondary N) is 1. The molecule has 8 heteroatoms. The van der Waals surface area contributed by atoms with Gasteiger partial charge in [-0.05, 0) is 48.6 Å². The van der Waals surface area contributed by atoms with Gasteiger partial charge < -0.3 is 10.2 Å². The van der Waals surface area contributed by atoms with E-state index in [0.29, 0.717) is 18.5 Å². The molecule has 1 N–H and O–H groups in total. The van der Waals surface area contributed by atoms with E-state index in [2.05, 4.69) is 5.32 Å². The second-order valence-corrected chi connectivity index (χ2v) is 11.7. The van der Waals surface area contributed by atoms with Gasteiger partial charge in [0.15, 0.2) is 0 Å². The van der Waals surface area contributed by atoms with E-state index >= 15 is 0 Å². The third kappa shape index (κ3) is 8.68. The standard InChI is InChI=1S/C31H39N3O4S/c1-5-25-17-19-28(20-18-25)34(39(4,37)38)21-9-12-30(35)33(23-27-15-13-24(2)14-16-27)29(31(36)32-3)22-26-10-7-6-8-11-26/h6-8,10-11,13-20,29H,5,9,12,21-23H2,1-4H3,(H,32,36). The molecule has 3 rings (SSSR count). The Bertz CT molecular complexity index is 1320. The summed E-state index contributed by atoms with van der Waals surface area (Å²) < 4.78 is 26.5. The molecule has 0 saturated heterocycles. The van der Waals surface area contributed by atoms with Gasteiger partial charge in [0, 0.05) is 33.0 Å². The number of carbonyl (C=O) groups is 2. The maximum absolute atomic E-state index is 13.7. The number of amides is 2. The summed E-state index contributed by atoms with van der Waals surface area (Å²) in [4.78, 5) is 28.4. The lowest BCUT2D eigenvalue weighted by Crippen LogP contribution is -2.49. The molecule has 0 radical (unpaired) electrons. The van der Waals surface area contributed by atoms with E-state index in [1.165, 1.54) is 10.6 Å². The van der Waals surface area contributed by atoms with Crippen LogP contribution in [-0.4, -0.2) is 51.0 Å². The van der Waals surface area contributed by atoms with Gasteiger partial charge in [-0.3, -0.25) is 13.9 Å². The summed E-state index contributed by atoms with van der Waals surface area (Å²) >= 11 is 0. The minimum atomic E-state index is -3.54. The first kappa shape index (κ1) is 29.9. The van der Waals surface area contributed by atoms with Crippen molar-refractivity contribution in [3.63, 3.8) is 0 Å². The fourth-order valence-electron chi connectivity index (χ4n) is 4.51. The van der Waals surface area contributed by atoms with Crippen LogP contribution in [-0.2, 0) is 39.0 Å². The smallest absolute Gasteiger partial charge is 0.242 e. The minimum absolute atomic E-state index is 0.104. The molecule has 2 amide bonds. The van der Waals surface area contributed by atoms with Crippen LogP contribution in [0.5, 0.6) is 0 Å². The number of aryl methyl sites for hydroxylation is 2. The molecule has 7 nitrogen and oxygen atoms in total. The lowest BCUT2D eigenvalue weighted by atomic mass is 10.0. The van der Waals surface area contributed by atoms with Crippen LogP contribution >= 0.6 is 0 Å². The second-order valence-electron chi connectivity index (χ2n) is 9.79. The van der Waals surface area contributed by atoms with Crippen molar-refractivity contribution in [2.75, 3.05) is 24.2 Å². The molecule has 0 spiro atoms. The highest BCUT2D eigenvalue weighted by molar-refractivity contribution is 7.92. The molecule has 0 heterocycles. The molecule has 3 aromatic rings. The van der Waals surface area contributed by atoms with E-state index in [-0.39, 0.29) is 31.3 Å². The Morgan fingerprint density at radius 2 is 1.49 bits per heavy atom. The van der Waals surface area contributed by atoms with Gasteiger partial charge in [0.2, 0.25) is 21.8 Å². The fraction of sp³-hybridized carbons (Fsp3) is 0.355. The van der Waals surface area contributed by atoms with Crippen LogP contribution < -0.4 is 9.62 Å². The Morgan fingerprint density at radius 1 is 0.872 bits per heavy atom. The van der Waals surface area contributed by atoms with Gasteiger partial charge in [-0.2, -0.15) is 0 Å². The van der Waals surface area contributed by atoms with Crippen molar-refractivity contribution < 1.29 is 18.0 Å². The Labute approximate surface area is 232 Å². The van der Waals surface area contributed by atoms with E-state index in [1.807, 2.05) is 80.6 Å². The summed E-state index contributed by atoms with van der Waals surface area (Å²) in [5, 5.41) is 2.72. The average molecular weight is 550 g/mol. The maximum atomic E-state index is 13.7. The number of hydrogen-bond donors (Lipinski definition) is 1. The number of sulfonamides is 1. The van der Waals surface area contributed by atoms with Gasteiger partial charge >= 0.3 is 0 Å². The van der Waals surface area contributed by atoms with Crippen LogP contribution in [0, 0.1) is 6.92 Å². The van der Waals surface area contributed by atoms with Gasteiger partial charge in [-0.15, -0.1) is 0 Å². The van der Waals surface area contributed by atoms with Crippen LogP contribution in [0.3, 0.4) is 0 Å². The minimum Gasteiger partial charge on any atom is -0.357 e. The Hall–Kier alpha value is -3.65. The summed E-state index contributed by atoms with van der Waals surface area (Å²) in [6, 6.07) is 24.2. The molecule has 0 aromatic heterocycles. The van der Waals surface area contributed by atoms with Crippen molar-refractivity contribution in [2.24, 2.45) is 0 Å². The molecule has 0 fully saturated rings. The summed E-state index contributed by atoms with van der Waals surface area (Å²) in [6.07, 6.45) is 2.83. The number of nitrogens with zero attached hydrogens (tertiary/aromatic N) is 2. The summed E-state index contributed by atoms with van der Waals surface area (Å²) in [6.45, 7) is 4.48. The molecule has 0 aliphatic rings. The van der Waals surface area contributed by atoms with E-state index in [9.17, 15) is 18.0 Å². The topological polar surface area (TPSA) is 86.8 Å². The molecule has 0 aliphatic carbocycles. The van der Waals surface area contributed by atoms with Crippen molar-refractivity contribution in [2.45, 2.75) is 52.1 Å². The van der Waals surface area contributed by atoms with E-state index in [0.717, 1.165) is 28.7 Å². The molecule has 1 atom stereocenters. The van der Waals surface area contributed by atoms with Gasteiger partial charge in [0.05, 0.1) is 11.9 Å². The molecule has 39 heavy (non-hydrogen) atoms. The number of likely N-dealkylation sites (N-methyl/N-ethyl adjacent to an activating group) is 1. The Balaban J connectivity index is 1.82. The SMILES string of the molecule is CCc1ccc(N(CCCC(=O)N(Cc2ccc(C)cc2)C(Cc2ccccc2)C(=O)NC)S(C)(=O)=O)cc1. The number of rotatable bonds is 13. The van der Waals surface area contributed by atoms with Gasteiger partial charge in [0.1, 0.15) is 6.04 Å². The van der Waals surface area contributed by atoms with Crippen LogP contribution in [0.25, 0.3) is 0 Å². The normalized spacial score (nSPS) is 12.0. The van der Waals surface area contributed by atoms with E-state index < -0.39 is 16.1 Å². The summed E-state index contributed by atoms with van der Waals surface area (Å²) in [5.41, 5.74) is 4.67. The predicted octanol–water partition coefficient (Wildman–Crippen LogP) is 4.49. The predicted molar refractivity (Wildman–Crippen MR) is 157 cm³/mol. The first-order chi connectivity index (χ1) is 18.6. The van der Waals surface area contributed by atoms with Crippen LogP contribution in [0.4, 0.5) is 5.69 Å². The van der Waals surface area contributed by atoms with Crippen LogP contribution in [0.15, 0.2) is 78.9 Å². The Morgan fingerprint density at radius 3 is 2.05 bits per heavy atom. The van der Waals surface area contributed by atoms with Crippen molar-refractivity contribution in [1.82, 2.24) is 10.2 Å². The fourth-order valence-corrected chi connectivity index (χ4v) is 5.48. The largest absolute Gasteiger partial charge is 0.357 e. The first-order valence-corrected chi connectivity index (χ1v) is 15.1. The molecule has 208 valence electrons. The number of carbonyl (C=O) groups excluding carboxylic acids is 2. The molecule has 0 saturated carbocycles. The van der Waals surface area contributed by atoms with E-state index in [4.69, 9.17) is 0 Å². The van der Waals surface area contributed by atoms with Crippen LogP contribution in [0.1, 0.15) is 42.0 Å². The van der Waals surface area contributed by atoms with Crippen molar-refractivity contribution in [3.05, 3.63) is 101 Å². The number of hydrogen-bond acceptors (Lipinski definition) is 4. The van der Waals surface area contributed by atoms with Crippen molar-refractivity contribution in [3.8, 4) is 0 Å². The zero-order chi connectivity index (χ0) is 28.4. The molecule has 1 unspecified atom stereocenters. The highest BCUT2D eigenvalue weighted by Gasteiger charge is 2.30. The van der Waals surface area contributed by atoms with Gasteiger partial charge in [0.25, 0.3) is 0 Å². The first-order valence-electron chi connectivity index (χ1n) is 13.3. The number of benzene rings is 3. The Kier molecular flexibility index (Phi) is 10.7. The molecule has 0 bridgehead atoms. The second kappa shape index (κ2) is 13.9. The number of anilines is 1. The average Bonchev–Trinajstić information content (AvgIpc) is 2.93. The van der Waals surface area contributed by atoms with Crippen molar-refractivity contribution >= 4 is 27.5 Å². The molecule has 3 aromatic carbocycles. The van der Waals surface area contributed by atoms with Gasteiger partial charge in [-0.1, -0.05) is 79.2 Å². The summed E-state index contributed by atoms with van der Waals surface area (Å²) in [5.74, 6) is -0.442. The molecular formula is C31H39N3O4S. The molecule has 0 aliphatic heterocycles. The maximum Gasteiger partial charge on any atom is 0.242 e. The van der Waals surface area contributed by atoms with E-state index in [1.54, 1.807) is 24.1 Å². The third-order valence-electron chi connectivity index (χ3n) is 6.78. The lowest BCUT2D eigenvalue weighted by Gasteiger charge is -2.31. The van der Waals surface area contributed by atoms with Crippen molar-refractivity contribution in [1.29, 1.82) is 0 Å². The quantitative estimate of drug-likeness (QED) is 0.340. The zero-order valence-corrected chi connectivity index (χ0v) is 24.1. The monoisotopic (exact) mass is 549 g/mol. The highest BCUT2D eigenvalue weighted by Crippen LogP contribution is 2.21. The summed E-state index contributed by atoms with van der Waals surface area (Å²) in [7, 11) is -1.97. The van der Waals surface area contributed by atoms with Crippen LogP contribution in [0.2, 0.25) is 0 Å². The molecular weight excluding hydrogens is 510 g/mol. The third-order valence-corrected chi connectivity index (χ3v) is 7.97. The lowest BCUT2D eigenvalue weighted by molar-refractivity contribution is -0.141. The highest BCUT2D eigenvalue weighted by atomic mass is 32.2.